The second kappa shape index (κ2) is 6.60. The van der Waals surface area contributed by atoms with Gasteiger partial charge in [0.2, 0.25) is 5.91 Å². The van der Waals surface area contributed by atoms with Crippen LogP contribution in [0.15, 0.2) is 41.5 Å². The van der Waals surface area contributed by atoms with Crippen molar-refractivity contribution in [1.29, 1.82) is 0 Å². The van der Waals surface area contributed by atoms with Gasteiger partial charge < -0.3 is 15.8 Å². The monoisotopic (exact) mass is 339 g/mol. The van der Waals surface area contributed by atoms with E-state index in [1.54, 1.807) is 19.1 Å². The molecule has 0 radical (unpaired) electrons. The van der Waals surface area contributed by atoms with Crippen LogP contribution in [0.1, 0.15) is 18.2 Å². The summed E-state index contributed by atoms with van der Waals surface area (Å²) in [6, 6.07) is 8.66. The molecule has 128 valence electrons. The summed E-state index contributed by atoms with van der Waals surface area (Å²) >= 11 is 0. The Hall–Kier alpha value is -3.42. The van der Waals surface area contributed by atoms with Crippen LogP contribution in [0.2, 0.25) is 0 Å². The lowest BCUT2D eigenvalue weighted by atomic mass is 10.1. The van der Waals surface area contributed by atoms with Gasteiger partial charge in [0.1, 0.15) is 6.33 Å². The summed E-state index contributed by atoms with van der Waals surface area (Å²) in [5.41, 5.74) is 2.46. The SMILES string of the molecule is CC(=O)Nc1ccc(CNc2cc(=O)n(O)c3ncnc(C)c23)cc1. The first-order valence-corrected chi connectivity index (χ1v) is 7.62. The number of nitrogens with one attached hydrogen (secondary N) is 2. The van der Waals surface area contributed by atoms with E-state index >= 15 is 0 Å². The highest BCUT2D eigenvalue weighted by atomic mass is 16.5. The molecule has 0 saturated heterocycles. The number of nitrogens with zero attached hydrogens (tertiary/aromatic N) is 3. The van der Waals surface area contributed by atoms with Gasteiger partial charge in [-0.05, 0) is 24.6 Å². The van der Waals surface area contributed by atoms with Gasteiger partial charge in [-0.1, -0.05) is 12.1 Å². The van der Waals surface area contributed by atoms with Crippen LogP contribution in [0.25, 0.3) is 11.0 Å². The zero-order valence-corrected chi connectivity index (χ0v) is 13.8. The molecule has 0 aliphatic rings. The molecule has 0 spiro atoms. The number of hydrogen-bond acceptors (Lipinski definition) is 6. The standard InChI is InChI=1S/C17H17N5O3/c1-10-16-14(7-15(24)22(25)17(16)20-9-19-10)18-8-12-3-5-13(6-4-12)21-11(2)23/h3-7,9,18,25H,8H2,1-2H3,(H,21,23). The minimum Gasteiger partial charge on any atom is -0.423 e. The molecule has 0 unspecified atom stereocenters. The van der Waals surface area contributed by atoms with Gasteiger partial charge in [0.05, 0.1) is 16.8 Å². The van der Waals surface area contributed by atoms with E-state index in [2.05, 4.69) is 20.6 Å². The average Bonchev–Trinajstić information content (AvgIpc) is 2.58. The van der Waals surface area contributed by atoms with Gasteiger partial charge in [0, 0.05) is 25.2 Å². The zero-order valence-electron chi connectivity index (χ0n) is 13.8. The summed E-state index contributed by atoms with van der Waals surface area (Å²) in [5, 5.41) is 16.3. The Morgan fingerprint density at radius 3 is 2.64 bits per heavy atom. The summed E-state index contributed by atoms with van der Waals surface area (Å²) in [6.07, 6.45) is 1.30. The quantitative estimate of drug-likeness (QED) is 0.627. The first-order valence-electron chi connectivity index (χ1n) is 7.62. The molecule has 0 aliphatic heterocycles. The first-order chi connectivity index (χ1) is 12.0. The summed E-state index contributed by atoms with van der Waals surface area (Å²) < 4.78 is 0.511. The molecule has 0 aliphatic carbocycles. The van der Waals surface area contributed by atoms with E-state index < -0.39 is 5.56 Å². The number of rotatable bonds is 4. The van der Waals surface area contributed by atoms with E-state index in [1.165, 1.54) is 19.3 Å². The smallest absolute Gasteiger partial charge is 0.286 e. The molecule has 8 nitrogen and oxygen atoms in total. The fraction of sp³-hybridized carbons (Fsp3) is 0.176. The number of carbonyl (C=O) groups excluding carboxylic acids is 1. The number of anilines is 2. The van der Waals surface area contributed by atoms with Gasteiger partial charge in [-0.15, -0.1) is 4.73 Å². The number of carbonyl (C=O) groups is 1. The van der Waals surface area contributed by atoms with Crippen LogP contribution >= 0.6 is 0 Å². The van der Waals surface area contributed by atoms with Crippen LogP contribution < -0.4 is 16.2 Å². The van der Waals surface area contributed by atoms with E-state index in [9.17, 15) is 14.8 Å². The second-order valence-electron chi connectivity index (χ2n) is 5.60. The van der Waals surface area contributed by atoms with Gasteiger partial charge in [-0.2, -0.15) is 0 Å². The summed E-state index contributed by atoms with van der Waals surface area (Å²) in [4.78, 5) is 31.0. The second-order valence-corrected chi connectivity index (χ2v) is 5.60. The molecular formula is C17H17N5O3. The van der Waals surface area contributed by atoms with Crippen molar-refractivity contribution in [2.45, 2.75) is 20.4 Å². The lowest BCUT2D eigenvalue weighted by Gasteiger charge is -2.12. The normalized spacial score (nSPS) is 10.6. The lowest BCUT2D eigenvalue weighted by molar-refractivity contribution is -0.114. The maximum absolute atomic E-state index is 11.9. The maximum atomic E-state index is 11.9. The van der Waals surface area contributed by atoms with Crippen molar-refractivity contribution in [3.63, 3.8) is 0 Å². The number of fused-ring (bicyclic) bond motifs is 1. The van der Waals surface area contributed by atoms with Gasteiger partial charge in [0.15, 0.2) is 5.65 Å². The lowest BCUT2D eigenvalue weighted by Crippen LogP contribution is -2.20. The Labute approximate surface area is 143 Å². The highest BCUT2D eigenvalue weighted by Crippen LogP contribution is 2.22. The maximum Gasteiger partial charge on any atom is 0.286 e. The molecule has 2 aromatic heterocycles. The van der Waals surface area contributed by atoms with Crippen molar-refractivity contribution in [3.05, 3.63) is 58.3 Å². The van der Waals surface area contributed by atoms with Crippen LogP contribution in [0, 0.1) is 6.92 Å². The summed E-state index contributed by atoms with van der Waals surface area (Å²) in [7, 11) is 0. The zero-order chi connectivity index (χ0) is 18.0. The molecule has 0 fully saturated rings. The van der Waals surface area contributed by atoms with Crippen molar-refractivity contribution >= 4 is 28.3 Å². The number of benzene rings is 1. The van der Waals surface area contributed by atoms with Crippen LogP contribution in [0.5, 0.6) is 0 Å². The number of hydrogen-bond donors (Lipinski definition) is 3. The van der Waals surface area contributed by atoms with E-state index in [0.717, 1.165) is 5.56 Å². The third-order valence-corrected chi connectivity index (χ3v) is 3.72. The van der Waals surface area contributed by atoms with Crippen LogP contribution in [-0.2, 0) is 11.3 Å². The van der Waals surface area contributed by atoms with Crippen molar-refractivity contribution in [1.82, 2.24) is 14.7 Å². The molecular weight excluding hydrogens is 322 g/mol. The minimum absolute atomic E-state index is 0.127. The number of amides is 1. The molecule has 25 heavy (non-hydrogen) atoms. The van der Waals surface area contributed by atoms with E-state index in [4.69, 9.17) is 0 Å². The third kappa shape index (κ3) is 3.42. The average molecular weight is 339 g/mol. The summed E-state index contributed by atoms with van der Waals surface area (Å²) in [5.74, 6) is -0.127. The topological polar surface area (TPSA) is 109 Å². The molecule has 2 heterocycles. The van der Waals surface area contributed by atoms with Crippen molar-refractivity contribution in [2.24, 2.45) is 0 Å². The highest BCUT2D eigenvalue weighted by molar-refractivity contribution is 5.90. The van der Waals surface area contributed by atoms with Gasteiger partial charge in [0.25, 0.3) is 5.56 Å². The largest absolute Gasteiger partial charge is 0.423 e. The third-order valence-electron chi connectivity index (χ3n) is 3.72. The first kappa shape index (κ1) is 16.4. The van der Waals surface area contributed by atoms with E-state index in [0.29, 0.717) is 33.7 Å². The van der Waals surface area contributed by atoms with Crippen molar-refractivity contribution in [3.8, 4) is 0 Å². The molecule has 0 atom stereocenters. The van der Waals surface area contributed by atoms with Gasteiger partial charge in [-0.25, -0.2) is 9.97 Å². The molecule has 1 amide bonds. The van der Waals surface area contributed by atoms with E-state index in [1.807, 2.05) is 12.1 Å². The van der Waals surface area contributed by atoms with Gasteiger partial charge >= 0.3 is 0 Å². The Kier molecular flexibility index (Phi) is 4.34. The van der Waals surface area contributed by atoms with Crippen LogP contribution in [-0.4, -0.2) is 25.8 Å². The molecule has 0 saturated carbocycles. The minimum atomic E-state index is -0.575. The molecule has 1 aromatic carbocycles. The molecule has 8 heteroatoms. The summed E-state index contributed by atoms with van der Waals surface area (Å²) in [6.45, 7) is 3.69. The predicted octanol–water partition coefficient (Wildman–Crippen LogP) is 1.91. The number of aryl methyl sites for hydroxylation is 1. The fourth-order valence-corrected chi connectivity index (χ4v) is 2.54. The predicted molar refractivity (Wildman–Crippen MR) is 93.8 cm³/mol. The van der Waals surface area contributed by atoms with Crippen molar-refractivity contribution < 1.29 is 10.0 Å². The Bertz CT molecular complexity index is 996. The van der Waals surface area contributed by atoms with Gasteiger partial charge in [-0.3, -0.25) is 9.59 Å². The number of pyridine rings is 1. The molecule has 3 N–H and O–H groups in total. The Morgan fingerprint density at radius 2 is 1.96 bits per heavy atom. The Morgan fingerprint density at radius 1 is 1.24 bits per heavy atom. The van der Waals surface area contributed by atoms with E-state index in [-0.39, 0.29) is 11.6 Å². The van der Waals surface area contributed by atoms with Crippen molar-refractivity contribution in [2.75, 3.05) is 10.6 Å². The number of aromatic nitrogens is 3. The molecule has 0 bridgehead atoms. The molecule has 3 rings (SSSR count). The fourth-order valence-electron chi connectivity index (χ4n) is 2.54. The van der Waals surface area contributed by atoms with Crippen LogP contribution in [0.3, 0.4) is 0 Å². The van der Waals surface area contributed by atoms with Crippen LogP contribution in [0.4, 0.5) is 11.4 Å². The highest BCUT2D eigenvalue weighted by Gasteiger charge is 2.12. The Balaban J connectivity index is 1.87. The molecule has 3 aromatic rings.